The number of nitrogens with one attached hydrogen (secondary N) is 1. The second-order valence-corrected chi connectivity index (χ2v) is 7.26. The predicted molar refractivity (Wildman–Crippen MR) is 111 cm³/mol. The Labute approximate surface area is 167 Å². The van der Waals surface area contributed by atoms with Crippen molar-refractivity contribution in [3.63, 3.8) is 0 Å². The van der Waals surface area contributed by atoms with Gasteiger partial charge in [0, 0.05) is 19.0 Å². The summed E-state index contributed by atoms with van der Waals surface area (Å²) in [7, 11) is 3.34. The molecular formula is C23H30N2O3. The monoisotopic (exact) mass is 382 g/mol. The van der Waals surface area contributed by atoms with Gasteiger partial charge < -0.3 is 19.7 Å². The largest absolute Gasteiger partial charge is 0.497 e. The predicted octanol–water partition coefficient (Wildman–Crippen LogP) is 3.79. The first-order valence-corrected chi connectivity index (χ1v) is 9.87. The molecule has 0 spiro atoms. The van der Waals surface area contributed by atoms with Crippen LogP contribution in [0.4, 0.5) is 0 Å². The maximum atomic E-state index is 12.8. The van der Waals surface area contributed by atoms with Gasteiger partial charge in [0.05, 0.1) is 20.3 Å². The van der Waals surface area contributed by atoms with Crippen LogP contribution in [0.3, 0.4) is 0 Å². The number of carbonyl (C=O) groups excluding carboxylic acids is 1. The summed E-state index contributed by atoms with van der Waals surface area (Å²) in [5, 5.41) is 3.43. The smallest absolute Gasteiger partial charge is 0.220 e. The van der Waals surface area contributed by atoms with Crippen LogP contribution < -0.4 is 14.8 Å². The number of hydrogen-bond acceptors (Lipinski definition) is 4. The Morgan fingerprint density at radius 3 is 2.36 bits per heavy atom. The molecule has 2 aromatic carbocycles. The molecule has 1 saturated heterocycles. The number of nitrogens with zero attached hydrogens (tertiary/aromatic N) is 1. The zero-order chi connectivity index (χ0) is 19.9. The third-order valence-electron chi connectivity index (χ3n) is 5.56. The SMILES string of the molecule is COc1ccc(C(C2CCNCC2)N(Cc2ccccc2OC)C(C)=O)cc1. The topological polar surface area (TPSA) is 50.8 Å². The van der Waals surface area contributed by atoms with Crippen molar-refractivity contribution in [3.8, 4) is 11.5 Å². The van der Waals surface area contributed by atoms with E-state index < -0.39 is 0 Å². The summed E-state index contributed by atoms with van der Waals surface area (Å²) in [4.78, 5) is 14.8. The van der Waals surface area contributed by atoms with Gasteiger partial charge in [0.15, 0.2) is 0 Å². The fourth-order valence-corrected chi connectivity index (χ4v) is 4.09. The van der Waals surface area contributed by atoms with E-state index in [1.54, 1.807) is 21.1 Å². The van der Waals surface area contributed by atoms with Crippen LogP contribution in [-0.2, 0) is 11.3 Å². The van der Waals surface area contributed by atoms with Crippen LogP contribution in [0.2, 0.25) is 0 Å². The highest BCUT2D eigenvalue weighted by Crippen LogP contribution is 2.37. The van der Waals surface area contributed by atoms with Gasteiger partial charge in [-0.1, -0.05) is 30.3 Å². The van der Waals surface area contributed by atoms with Crippen LogP contribution >= 0.6 is 0 Å². The molecule has 1 heterocycles. The fourth-order valence-electron chi connectivity index (χ4n) is 4.09. The second-order valence-electron chi connectivity index (χ2n) is 7.26. The molecule has 1 fully saturated rings. The molecule has 5 heteroatoms. The Bertz CT molecular complexity index is 770. The molecule has 0 bridgehead atoms. The van der Waals surface area contributed by atoms with E-state index in [0.29, 0.717) is 12.5 Å². The molecule has 0 radical (unpaired) electrons. The molecule has 150 valence electrons. The maximum Gasteiger partial charge on any atom is 0.220 e. The number of methoxy groups -OCH3 is 2. The Morgan fingerprint density at radius 1 is 1.07 bits per heavy atom. The molecule has 2 aromatic rings. The van der Waals surface area contributed by atoms with Crippen molar-refractivity contribution in [2.24, 2.45) is 5.92 Å². The van der Waals surface area contributed by atoms with E-state index in [1.165, 1.54) is 0 Å². The standard InChI is InChI=1S/C23H30N2O3/c1-17(26)25(16-20-6-4-5-7-22(20)28-3)23(19-12-14-24-15-13-19)18-8-10-21(27-2)11-9-18/h4-11,19,23-24H,12-16H2,1-3H3. The van der Waals surface area contributed by atoms with Crippen LogP contribution in [-0.4, -0.2) is 38.1 Å². The van der Waals surface area contributed by atoms with E-state index in [9.17, 15) is 4.79 Å². The van der Waals surface area contributed by atoms with E-state index >= 15 is 0 Å². The highest BCUT2D eigenvalue weighted by molar-refractivity contribution is 5.74. The van der Waals surface area contributed by atoms with Crippen molar-refractivity contribution in [1.29, 1.82) is 0 Å². The molecule has 1 amide bonds. The number of rotatable bonds is 7. The Hall–Kier alpha value is -2.53. The van der Waals surface area contributed by atoms with Crippen LogP contribution in [0.5, 0.6) is 11.5 Å². The number of ether oxygens (including phenoxy) is 2. The lowest BCUT2D eigenvalue weighted by atomic mass is 9.84. The lowest BCUT2D eigenvalue weighted by Crippen LogP contribution is -2.41. The number of carbonyl (C=O) groups is 1. The normalized spacial score (nSPS) is 15.7. The summed E-state index contributed by atoms with van der Waals surface area (Å²) in [5.41, 5.74) is 2.17. The van der Waals surface area contributed by atoms with Gasteiger partial charge in [0.1, 0.15) is 11.5 Å². The van der Waals surface area contributed by atoms with Crippen molar-refractivity contribution in [2.75, 3.05) is 27.3 Å². The molecule has 1 aliphatic heterocycles. The summed E-state index contributed by atoms with van der Waals surface area (Å²) in [5.74, 6) is 2.12. The van der Waals surface area contributed by atoms with Gasteiger partial charge in [-0.05, 0) is 55.6 Å². The van der Waals surface area contributed by atoms with Gasteiger partial charge in [-0.15, -0.1) is 0 Å². The molecule has 0 aliphatic carbocycles. The number of hydrogen-bond donors (Lipinski definition) is 1. The van der Waals surface area contributed by atoms with Gasteiger partial charge >= 0.3 is 0 Å². The molecule has 1 unspecified atom stereocenters. The first-order valence-electron chi connectivity index (χ1n) is 9.87. The van der Waals surface area contributed by atoms with Crippen LogP contribution in [0.15, 0.2) is 48.5 Å². The number of amides is 1. The Morgan fingerprint density at radius 2 is 1.75 bits per heavy atom. The molecule has 5 nitrogen and oxygen atoms in total. The highest BCUT2D eigenvalue weighted by Gasteiger charge is 2.32. The van der Waals surface area contributed by atoms with E-state index in [0.717, 1.165) is 48.6 Å². The van der Waals surface area contributed by atoms with Crippen LogP contribution in [0.25, 0.3) is 0 Å². The fraction of sp³-hybridized carbons (Fsp3) is 0.435. The minimum absolute atomic E-state index is 0.0235. The minimum Gasteiger partial charge on any atom is -0.497 e. The van der Waals surface area contributed by atoms with E-state index in [2.05, 4.69) is 17.4 Å². The molecule has 28 heavy (non-hydrogen) atoms. The van der Waals surface area contributed by atoms with E-state index in [1.807, 2.05) is 41.3 Å². The zero-order valence-electron chi connectivity index (χ0n) is 17.0. The molecular weight excluding hydrogens is 352 g/mol. The summed E-state index contributed by atoms with van der Waals surface area (Å²) >= 11 is 0. The summed E-state index contributed by atoms with van der Waals surface area (Å²) < 4.78 is 10.8. The second kappa shape index (κ2) is 9.60. The molecule has 3 rings (SSSR count). The Balaban J connectivity index is 1.97. The van der Waals surface area contributed by atoms with E-state index in [4.69, 9.17) is 9.47 Å². The van der Waals surface area contributed by atoms with Crippen LogP contribution in [0, 0.1) is 5.92 Å². The van der Waals surface area contributed by atoms with Gasteiger partial charge in [-0.3, -0.25) is 4.79 Å². The lowest BCUT2D eigenvalue weighted by Gasteiger charge is -2.39. The van der Waals surface area contributed by atoms with Crippen molar-refractivity contribution >= 4 is 5.91 Å². The lowest BCUT2D eigenvalue weighted by molar-refractivity contribution is -0.133. The van der Waals surface area contributed by atoms with Gasteiger partial charge in [0.2, 0.25) is 5.91 Å². The quantitative estimate of drug-likeness (QED) is 0.792. The summed E-state index contributed by atoms with van der Waals surface area (Å²) in [6.45, 7) is 4.16. The van der Waals surface area contributed by atoms with Crippen molar-refractivity contribution in [1.82, 2.24) is 10.2 Å². The van der Waals surface area contributed by atoms with Crippen molar-refractivity contribution < 1.29 is 14.3 Å². The molecule has 1 atom stereocenters. The van der Waals surface area contributed by atoms with E-state index in [-0.39, 0.29) is 11.9 Å². The average Bonchev–Trinajstić information content (AvgIpc) is 2.74. The van der Waals surface area contributed by atoms with Crippen LogP contribution in [0.1, 0.15) is 36.9 Å². The Kier molecular flexibility index (Phi) is 6.93. The maximum absolute atomic E-state index is 12.8. The first kappa shape index (κ1) is 20.2. The molecule has 1 aliphatic rings. The summed E-state index contributed by atoms with van der Waals surface area (Å²) in [6, 6.07) is 16.1. The third-order valence-corrected chi connectivity index (χ3v) is 5.56. The number of benzene rings is 2. The number of para-hydroxylation sites is 1. The first-order chi connectivity index (χ1) is 13.6. The molecule has 0 saturated carbocycles. The number of piperidine rings is 1. The third kappa shape index (κ3) is 4.65. The average molecular weight is 383 g/mol. The van der Waals surface area contributed by atoms with Gasteiger partial charge in [-0.25, -0.2) is 0 Å². The highest BCUT2D eigenvalue weighted by atomic mass is 16.5. The van der Waals surface area contributed by atoms with Gasteiger partial charge in [-0.2, -0.15) is 0 Å². The zero-order valence-corrected chi connectivity index (χ0v) is 17.0. The van der Waals surface area contributed by atoms with Crippen molar-refractivity contribution in [3.05, 3.63) is 59.7 Å². The molecule has 1 N–H and O–H groups in total. The van der Waals surface area contributed by atoms with Gasteiger partial charge in [0.25, 0.3) is 0 Å². The minimum atomic E-state index is 0.0235. The molecule has 0 aromatic heterocycles. The summed E-state index contributed by atoms with van der Waals surface area (Å²) in [6.07, 6.45) is 2.10. The van der Waals surface area contributed by atoms with Crippen molar-refractivity contribution in [2.45, 2.75) is 32.4 Å².